The molecule has 4 nitrogen and oxygen atoms in total. The Morgan fingerprint density at radius 3 is 2.75 bits per heavy atom. The second kappa shape index (κ2) is 4.28. The Labute approximate surface area is 96.6 Å². The van der Waals surface area contributed by atoms with Gasteiger partial charge < -0.3 is 5.11 Å². The Kier molecular flexibility index (Phi) is 2.83. The Morgan fingerprint density at radius 1 is 1.31 bits per heavy atom. The first-order valence-electron chi connectivity index (χ1n) is 4.47. The van der Waals surface area contributed by atoms with Gasteiger partial charge in [-0.1, -0.05) is 11.6 Å². The lowest BCUT2D eigenvalue weighted by molar-refractivity contribution is 0.0697. The average Bonchev–Trinajstić information content (AvgIpc) is 2.29. The summed E-state index contributed by atoms with van der Waals surface area (Å²) in [5.74, 6) is -1.02. The number of carbonyl (C=O) groups is 1. The van der Waals surface area contributed by atoms with E-state index in [4.69, 9.17) is 16.7 Å². The second-order valence-corrected chi connectivity index (χ2v) is 3.52. The van der Waals surface area contributed by atoms with Crippen LogP contribution in [0.15, 0.2) is 36.8 Å². The van der Waals surface area contributed by atoms with Gasteiger partial charge in [-0.15, -0.1) is 0 Å². The molecule has 1 heterocycles. The smallest absolute Gasteiger partial charge is 0.336 e. The van der Waals surface area contributed by atoms with E-state index in [1.807, 2.05) is 0 Å². The summed E-state index contributed by atoms with van der Waals surface area (Å²) in [6.45, 7) is 0. The number of benzene rings is 1. The number of carboxylic acid groups (broad SMARTS) is 1. The van der Waals surface area contributed by atoms with Crippen molar-refractivity contribution in [1.82, 2.24) is 9.97 Å². The molecule has 1 aromatic heterocycles. The zero-order valence-electron chi connectivity index (χ0n) is 8.09. The molecule has 0 aliphatic heterocycles. The molecule has 16 heavy (non-hydrogen) atoms. The molecule has 1 aromatic carbocycles. The van der Waals surface area contributed by atoms with E-state index < -0.39 is 5.97 Å². The number of rotatable bonds is 2. The van der Waals surface area contributed by atoms with E-state index in [0.29, 0.717) is 16.3 Å². The van der Waals surface area contributed by atoms with Crippen LogP contribution in [0, 0.1) is 0 Å². The minimum atomic E-state index is -1.02. The highest BCUT2D eigenvalue weighted by molar-refractivity contribution is 6.31. The van der Waals surface area contributed by atoms with Crippen LogP contribution >= 0.6 is 11.6 Å². The molecular formula is C11H7ClN2O2. The van der Waals surface area contributed by atoms with E-state index in [1.165, 1.54) is 30.7 Å². The predicted molar refractivity (Wildman–Crippen MR) is 59.4 cm³/mol. The fourth-order valence-electron chi connectivity index (χ4n) is 1.35. The van der Waals surface area contributed by atoms with Crippen molar-refractivity contribution in [2.75, 3.05) is 0 Å². The van der Waals surface area contributed by atoms with E-state index >= 15 is 0 Å². The van der Waals surface area contributed by atoms with Crippen LogP contribution in [0.5, 0.6) is 0 Å². The summed E-state index contributed by atoms with van der Waals surface area (Å²) in [5, 5.41) is 9.49. The second-order valence-electron chi connectivity index (χ2n) is 3.09. The molecule has 0 radical (unpaired) electrons. The third-order valence-corrected chi connectivity index (χ3v) is 2.29. The number of hydrogen-bond donors (Lipinski definition) is 1. The van der Waals surface area contributed by atoms with Gasteiger partial charge in [0.2, 0.25) is 0 Å². The van der Waals surface area contributed by atoms with E-state index in [2.05, 4.69) is 9.97 Å². The highest BCUT2D eigenvalue weighted by Gasteiger charge is 2.12. The van der Waals surface area contributed by atoms with Crippen LogP contribution in [0.4, 0.5) is 0 Å². The maximum atomic E-state index is 11.0. The molecule has 5 heteroatoms. The Morgan fingerprint density at radius 2 is 2.12 bits per heavy atom. The lowest BCUT2D eigenvalue weighted by atomic mass is 10.1. The van der Waals surface area contributed by atoms with Gasteiger partial charge in [-0.2, -0.15) is 0 Å². The molecule has 2 rings (SSSR count). The lowest BCUT2D eigenvalue weighted by Crippen LogP contribution is -2.00. The largest absolute Gasteiger partial charge is 0.478 e. The van der Waals surface area contributed by atoms with Crippen LogP contribution in [0.25, 0.3) is 11.3 Å². The van der Waals surface area contributed by atoms with Crippen molar-refractivity contribution in [2.45, 2.75) is 0 Å². The SMILES string of the molecule is O=C(O)c1ccc(Cl)cc1-c1cnccn1. The van der Waals surface area contributed by atoms with Gasteiger partial charge in [0.15, 0.2) is 0 Å². The topological polar surface area (TPSA) is 63.1 Å². The number of aromatic carboxylic acids is 1. The number of hydrogen-bond acceptors (Lipinski definition) is 3. The minimum Gasteiger partial charge on any atom is -0.478 e. The maximum Gasteiger partial charge on any atom is 0.336 e. The van der Waals surface area contributed by atoms with Gasteiger partial charge in [-0.05, 0) is 18.2 Å². The van der Waals surface area contributed by atoms with Crippen molar-refractivity contribution in [3.63, 3.8) is 0 Å². The molecule has 2 aromatic rings. The van der Waals surface area contributed by atoms with Crippen LogP contribution in [0.2, 0.25) is 5.02 Å². The Hall–Kier alpha value is -1.94. The summed E-state index contributed by atoms with van der Waals surface area (Å²) in [7, 11) is 0. The van der Waals surface area contributed by atoms with Gasteiger partial charge in [-0.3, -0.25) is 9.97 Å². The fourth-order valence-corrected chi connectivity index (χ4v) is 1.53. The van der Waals surface area contributed by atoms with Crippen molar-refractivity contribution in [2.24, 2.45) is 0 Å². The summed E-state index contributed by atoms with van der Waals surface area (Å²) in [6.07, 6.45) is 4.52. The van der Waals surface area contributed by atoms with Crippen molar-refractivity contribution in [3.05, 3.63) is 47.4 Å². The average molecular weight is 235 g/mol. The van der Waals surface area contributed by atoms with E-state index in [-0.39, 0.29) is 5.56 Å². The standard InChI is InChI=1S/C11H7ClN2O2/c12-7-1-2-8(11(15)16)9(5-7)10-6-13-3-4-14-10/h1-6H,(H,15,16). The fraction of sp³-hybridized carbons (Fsp3) is 0. The Bertz CT molecular complexity index is 529. The minimum absolute atomic E-state index is 0.157. The molecule has 0 aliphatic carbocycles. The highest BCUT2D eigenvalue weighted by Crippen LogP contribution is 2.24. The molecule has 80 valence electrons. The van der Waals surface area contributed by atoms with Crippen LogP contribution in [-0.4, -0.2) is 21.0 Å². The summed E-state index contributed by atoms with van der Waals surface area (Å²) < 4.78 is 0. The summed E-state index contributed by atoms with van der Waals surface area (Å²) >= 11 is 5.83. The molecule has 0 amide bonds. The first-order valence-corrected chi connectivity index (χ1v) is 4.85. The van der Waals surface area contributed by atoms with Gasteiger partial charge >= 0.3 is 5.97 Å². The van der Waals surface area contributed by atoms with E-state index in [1.54, 1.807) is 6.07 Å². The normalized spacial score (nSPS) is 10.1. The zero-order valence-corrected chi connectivity index (χ0v) is 8.85. The van der Waals surface area contributed by atoms with Crippen LogP contribution in [0.1, 0.15) is 10.4 Å². The molecule has 0 saturated carbocycles. The van der Waals surface area contributed by atoms with Crippen molar-refractivity contribution in [3.8, 4) is 11.3 Å². The monoisotopic (exact) mass is 234 g/mol. The molecule has 0 fully saturated rings. The van der Waals surface area contributed by atoms with Crippen molar-refractivity contribution < 1.29 is 9.90 Å². The lowest BCUT2D eigenvalue weighted by Gasteiger charge is -2.05. The highest BCUT2D eigenvalue weighted by atomic mass is 35.5. The molecule has 0 unspecified atom stereocenters. The van der Waals surface area contributed by atoms with E-state index in [0.717, 1.165) is 0 Å². The first-order chi connectivity index (χ1) is 7.68. The van der Waals surface area contributed by atoms with Gasteiger partial charge in [0.05, 0.1) is 17.5 Å². The predicted octanol–water partition coefficient (Wildman–Crippen LogP) is 2.50. The summed E-state index contributed by atoms with van der Waals surface area (Å²) in [6, 6.07) is 4.55. The molecule has 0 atom stereocenters. The number of aromatic nitrogens is 2. The van der Waals surface area contributed by atoms with Gasteiger partial charge in [0.25, 0.3) is 0 Å². The third-order valence-electron chi connectivity index (χ3n) is 2.05. The quantitative estimate of drug-likeness (QED) is 0.867. The van der Waals surface area contributed by atoms with Crippen LogP contribution in [-0.2, 0) is 0 Å². The van der Waals surface area contributed by atoms with Crippen LogP contribution < -0.4 is 0 Å². The molecule has 1 N–H and O–H groups in total. The molecule has 0 aliphatic rings. The van der Waals surface area contributed by atoms with Gasteiger partial charge in [0.1, 0.15) is 0 Å². The molecule has 0 spiro atoms. The van der Waals surface area contributed by atoms with Gasteiger partial charge in [0, 0.05) is 23.0 Å². The van der Waals surface area contributed by atoms with Crippen molar-refractivity contribution >= 4 is 17.6 Å². The van der Waals surface area contributed by atoms with Crippen LogP contribution in [0.3, 0.4) is 0 Å². The molecular weight excluding hydrogens is 228 g/mol. The summed E-state index contributed by atoms with van der Waals surface area (Å²) in [5.41, 5.74) is 1.11. The number of halogens is 1. The third kappa shape index (κ3) is 2.01. The molecule has 0 saturated heterocycles. The van der Waals surface area contributed by atoms with Gasteiger partial charge in [-0.25, -0.2) is 4.79 Å². The molecule has 0 bridgehead atoms. The summed E-state index contributed by atoms with van der Waals surface area (Å²) in [4.78, 5) is 19.0. The Balaban J connectivity index is 2.63. The maximum absolute atomic E-state index is 11.0. The van der Waals surface area contributed by atoms with Crippen molar-refractivity contribution in [1.29, 1.82) is 0 Å². The first kappa shape index (κ1) is 10.6. The zero-order chi connectivity index (χ0) is 11.5. The van der Waals surface area contributed by atoms with E-state index in [9.17, 15) is 4.79 Å². The number of carboxylic acids is 1. The number of nitrogens with zero attached hydrogens (tertiary/aromatic N) is 2.